The van der Waals surface area contributed by atoms with Gasteiger partial charge in [-0.15, -0.1) is 11.3 Å². The molecule has 1 N–H and O–H groups in total. The first kappa shape index (κ1) is 16.0. The highest BCUT2D eigenvalue weighted by Crippen LogP contribution is 2.36. The molecule has 3 aromatic rings. The fourth-order valence-electron chi connectivity index (χ4n) is 2.02. The minimum absolute atomic E-state index is 0.0214. The van der Waals surface area contributed by atoms with Crippen LogP contribution in [0, 0.1) is 0 Å². The Kier molecular flexibility index (Phi) is 4.15. The first-order chi connectivity index (χ1) is 10.8. The van der Waals surface area contributed by atoms with E-state index in [9.17, 15) is 18.0 Å². The van der Waals surface area contributed by atoms with E-state index in [0.29, 0.717) is 16.3 Å². The maximum atomic E-state index is 12.9. The maximum Gasteiger partial charge on any atom is 0.417 e. The lowest BCUT2D eigenvalue weighted by Crippen LogP contribution is -2.15. The summed E-state index contributed by atoms with van der Waals surface area (Å²) in [6.07, 6.45) is -2.82. The van der Waals surface area contributed by atoms with Crippen LogP contribution < -0.4 is 10.9 Å². The van der Waals surface area contributed by atoms with Gasteiger partial charge in [0.05, 0.1) is 17.8 Å². The van der Waals surface area contributed by atoms with Crippen molar-refractivity contribution in [3.05, 3.63) is 61.9 Å². The SMILES string of the molecule is O=c1cc(CNc2ccc(Br)c(C(F)(F)F)c2)nc2sccn12. The second-order valence-electron chi connectivity index (χ2n) is 4.69. The number of halogens is 4. The lowest BCUT2D eigenvalue weighted by atomic mass is 10.2. The molecule has 0 amide bonds. The Morgan fingerprint density at radius 2 is 2.09 bits per heavy atom. The number of alkyl halides is 3. The molecule has 2 aromatic heterocycles. The Morgan fingerprint density at radius 3 is 2.83 bits per heavy atom. The van der Waals surface area contributed by atoms with E-state index >= 15 is 0 Å². The molecule has 1 aromatic carbocycles. The number of aromatic nitrogens is 2. The van der Waals surface area contributed by atoms with Crippen molar-refractivity contribution >= 4 is 37.9 Å². The number of hydrogen-bond donors (Lipinski definition) is 1. The fraction of sp³-hybridized carbons (Fsp3) is 0.143. The van der Waals surface area contributed by atoms with Crippen LogP contribution in [0.15, 0.2) is 45.1 Å². The van der Waals surface area contributed by atoms with Gasteiger partial charge in [-0.2, -0.15) is 13.2 Å². The third-order valence-corrected chi connectivity index (χ3v) is 4.55. The minimum atomic E-state index is -4.44. The van der Waals surface area contributed by atoms with Crippen LogP contribution in [0.5, 0.6) is 0 Å². The minimum Gasteiger partial charge on any atom is -0.379 e. The molecule has 0 unspecified atom stereocenters. The predicted molar refractivity (Wildman–Crippen MR) is 85.8 cm³/mol. The summed E-state index contributed by atoms with van der Waals surface area (Å²) in [4.78, 5) is 16.7. The van der Waals surface area contributed by atoms with Crippen molar-refractivity contribution in [2.24, 2.45) is 0 Å². The van der Waals surface area contributed by atoms with Crippen molar-refractivity contribution in [3.8, 4) is 0 Å². The zero-order valence-corrected chi connectivity index (χ0v) is 13.8. The van der Waals surface area contributed by atoms with E-state index in [1.807, 2.05) is 0 Å². The number of fused-ring (bicyclic) bond motifs is 1. The molecule has 0 radical (unpaired) electrons. The average Bonchev–Trinajstić information content (AvgIpc) is 2.94. The molecule has 9 heteroatoms. The summed E-state index contributed by atoms with van der Waals surface area (Å²) in [5.74, 6) is 0. The van der Waals surface area contributed by atoms with Crippen LogP contribution in [0.1, 0.15) is 11.3 Å². The van der Waals surface area contributed by atoms with Crippen LogP contribution in [0.25, 0.3) is 4.96 Å². The third-order valence-electron chi connectivity index (χ3n) is 3.10. The molecule has 3 rings (SSSR count). The summed E-state index contributed by atoms with van der Waals surface area (Å²) >= 11 is 4.21. The summed E-state index contributed by atoms with van der Waals surface area (Å²) in [7, 11) is 0. The molecule has 0 bridgehead atoms. The van der Waals surface area contributed by atoms with E-state index in [1.165, 1.54) is 33.9 Å². The molecule has 2 heterocycles. The average molecular weight is 404 g/mol. The van der Waals surface area contributed by atoms with Gasteiger partial charge in [0.15, 0.2) is 4.96 Å². The molecular weight excluding hydrogens is 395 g/mol. The van der Waals surface area contributed by atoms with Crippen LogP contribution in [-0.4, -0.2) is 9.38 Å². The van der Waals surface area contributed by atoms with E-state index in [2.05, 4.69) is 26.2 Å². The van der Waals surface area contributed by atoms with E-state index in [4.69, 9.17) is 0 Å². The number of thiazole rings is 1. The van der Waals surface area contributed by atoms with Crippen LogP contribution in [0.4, 0.5) is 18.9 Å². The summed E-state index contributed by atoms with van der Waals surface area (Å²) in [5, 5.41) is 4.60. The number of benzene rings is 1. The lowest BCUT2D eigenvalue weighted by Gasteiger charge is -2.12. The van der Waals surface area contributed by atoms with Gasteiger partial charge in [-0.3, -0.25) is 9.20 Å². The highest BCUT2D eigenvalue weighted by Gasteiger charge is 2.33. The van der Waals surface area contributed by atoms with Crippen molar-refractivity contribution in [2.75, 3.05) is 5.32 Å². The molecule has 23 heavy (non-hydrogen) atoms. The van der Waals surface area contributed by atoms with Crippen LogP contribution in [-0.2, 0) is 12.7 Å². The number of nitrogens with zero attached hydrogens (tertiary/aromatic N) is 2. The predicted octanol–water partition coefficient (Wildman–Crippen LogP) is 4.15. The van der Waals surface area contributed by atoms with Crippen LogP contribution in [0.2, 0.25) is 0 Å². The van der Waals surface area contributed by atoms with Crippen molar-refractivity contribution in [2.45, 2.75) is 12.7 Å². The molecule has 0 atom stereocenters. The molecule has 0 aliphatic heterocycles. The highest BCUT2D eigenvalue weighted by molar-refractivity contribution is 9.10. The molecule has 4 nitrogen and oxygen atoms in total. The van der Waals surface area contributed by atoms with Gasteiger partial charge in [0, 0.05) is 27.8 Å². The molecular formula is C14H9BrF3N3OS. The van der Waals surface area contributed by atoms with E-state index in [-0.39, 0.29) is 16.6 Å². The first-order valence-electron chi connectivity index (χ1n) is 6.41. The largest absolute Gasteiger partial charge is 0.417 e. The second kappa shape index (κ2) is 5.97. The Hall–Kier alpha value is -1.87. The molecule has 0 aliphatic rings. The quantitative estimate of drug-likeness (QED) is 0.714. The Morgan fingerprint density at radius 1 is 1.30 bits per heavy atom. The molecule has 0 saturated carbocycles. The normalized spacial score (nSPS) is 11.8. The maximum absolute atomic E-state index is 12.9. The lowest BCUT2D eigenvalue weighted by molar-refractivity contribution is -0.138. The van der Waals surface area contributed by atoms with Gasteiger partial charge < -0.3 is 5.32 Å². The van der Waals surface area contributed by atoms with Gasteiger partial charge in [0.2, 0.25) is 0 Å². The van der Waals surface area contributed by atoms with Gasteiger partial charge in [-0.05, 0) is 18.2 Å². The summed E-state index contributed by atoms with van der Waals surface area (Å²) in [5.41, 5.74) is -0.216. The van der Waals surface area contributed by atoms with Crippen molar-refractivity contribution in [1.29, 1.82) is 0 Å². The fourth-order valence-corrected chi connectivity index (χ4v) is 3.23. The van der Waals surface area contributed by atoms with Crippen LogP contribution in [0.3, 0.4) is 0 Å². The number of hydrogen-bond acceptors (Lipinski definition) is 4. The standard InChI is InChI=1S/C14H9BrF3N3OS/c15-11-2-1-8(5-10(11)14(16,17)18)19-7-9-6-12(22)21-3-4-23-13(21)20-9/h1-6,19H,7H2. The Balaban J connectivity index is 1.83. The topological polar surface area (TPSA) is 46.4 Å². The molecule has 120 valence electrons. The zero-order chi connectivity index (χ0) is 16.6. The van der Waals surface area contributed by atoms with Gasteiger partial charge in [-0.1, -0.05) is 15.9 Å². The highest BCUT2D eigenvalue weighted by atomic mass is 79.9. The van der Waals surface area contributed by atoms with Crippen LogP contribution >= 0.6 is 27.3 Å². The monoisotopic (exact) mass is 403 g/mol. The van der Waals surface area contributed by atoms with E-state index < -0.39 is 11.7 Å². The van der Waals surface area contributed by atoms with Gasteiger partial charge in [-0.25, -0.2) is 4.98 Å². The number of anilines is 1. The van der Waals surface area contributed by atoms with Gasteiger partial charge in [0.25, 0.3) is 5.56 Å². The molecule has 0 spiro atoms. The van der Waals surface area contributed by atoms with E-state index in [0.717, 1.165) is 6.07 Å². The Labute approximate surface area is 140 Å². The molecule has 0 saturated heterocycles. The second-order valence-corrected chi connectivity index (χ2v) is 6.41. The van der Waals surface area contributed by atoms with Gasteiger partial charge >= 0.3 is 6.18 Å². The zero-order valence-electron chi connectivity index (χ0n) is 11.4. The van der Waals surface area contributed by atoms with Crippen molar-refractivity contribution in [1.82, 2.24) is 9.38 Å². The molecule has 0 fully saturated rings. The number of nitrogens with one attached hydrogen (secondary N) is 1. The molecule has 0 aliphatic carbocycles. The smallest absolute Gasteiger partial charge is 0.379 e. The summed E-state index contributed by atoms with van der Waals surface area (Å²) in [6, 6.07) is 5.22. The summed E-state index contributed by atoms with van der Waals surface area (Å²) < 4.78 is 40.0. The van der Waals surface area contributed by atoms with Crippen molar-refractivity contribution < 1.29 is 13.2 Å². The first-order valence-corrected chi connectivity index (χ1v) is 8.08. The van der Waals surface area contributed by atoms with Crippen molar-refractivity contribution in [3.63, 3.8) is 0 Å². The Bertz CT molecular complexity index is 920. The van der Waals surface area contributed by atoms with Gasteiger partial charge in [0.1, 0.15) is 0 Å². The summed E-state index contributed by atoms with van der Waals surface area (Å²) in [6.45, 7) is 0.155. The van der Waals surface area contributed by atoms with E-state index in [1.54, 1.807) is 11.6 Å². The third kappa shape index (κ3) is 3.40. The number of rotatable bonds is 3.